The molecule has 0 saturated carbocycles. The number of hydrogen-bond donors (Lipinski definition) is 0. The summed E-state index contributed by atoms with van der Waals surface area (Å²) in [5, 5.41) is 12.6. The van der Waals surface area contributed by atoms with E-state index in [4.69, 9.17) is 4.74 Å². The van der Waals surface area contributed by atoms with E-state index in [1.54, 1.807) is 11.0 Å². The number of rotatable bonds is 5. The lowest BCUT2D eigenvalue weighted by Crippen LogP contribution is -2.52. The van der Waals surface area contributed by atoms with Crippen LogP contribution in [0.4, 0.5) is 5.82 Å². The number of aryl methyl sites for hydroxylation is 1. The normalized spacial score (nSPS) is 15.2. The first-order chi connectivity index (χ1) is 14.5. The highest BCUT2D eigenvalue weighted by Gasteiger charge is 2.27. The second kappa shape index (κ2) is 8.48. The summed E-state index contributed by atoms with van der Waals surface area (Å²) < 4.78 is 7.52. The fourth-order valence-electron chi connectivity index (χ4n) is 3.44. The lowest BCUT2D eigenvalue weighted by Gasteiger charge is -2.36. The summed E-state index contributed by atoms with van der Waals surface area (Å²) >= 11 is 0. The van der Waals surface area contributed by atoms with E-state index in [9.17, 15) is 4.79 Å². The van der Waals surface area contributed by atoms with Gasteiger partial charge in [0.05, 0.1) is 0 Å². The van der Waals surface area contributed by atoms with Crippen LogP contribution in [0.5, 0.6) is 5.75 Å². The van der Waals surface area contributed by atoms with Gasteiger partial charge in [-0.15, -0.1) is 10.2 Å². The molecule has 1 fully saturated rings. The molecule has 0 spiro atoms. The monoisotopic (exact) mass is 407 g/mol. The summed E-state index contributed by atoms with van der Waals surface area (Å²) in [4.78, 5) is 20.7. The Labute approximate surface area is 175 Å². The molecule has 2 aromatic heterocycles. The molecule has 156 valence electrons. The SMILES string of the molecule is Cc1cccc(OC(C)C(=O)N2CCN(c3ccc(-n4cncn4)nn3)CC2)c1C. The van der Waals surface area contributed by atoms with Crippen LogP contribution in [0.2, 0.25) is 0 Å². The predicted octanol–water partition coefficient (Wildman–Crippen LogP) is 1.79. The van der Waals surface area contributed by atoms with E-state index < -0.39 is 6.10 Å². The third kappa shape index (κ3) is 4.10. The molecule has 9 nitrogen and oxygen atoms in total. The highest BCUT2D eigenvalue weighted by atomic mass is 16.5. The zero-order valence-corrected chi connectivity index (χ0v) is 17.4. The Bertz CT molecular complexity index is 997. The molecular weight excluding hydrogens is 382 g/mol. The minimum atomic E-state index is -0.529. The van der Waals surface area contributed by atoms with Gasteiger partial charge in [0.2, 0.25) is 0 Å². The maximum Gasteiger partial charge on any atom is 0.263 e. The van der Waals surface area contributed by atoms with Crippen molar-refractivity contribution in [3.63, 3.8) is 0 Å². The van der Waals surface area contributed by atoms with E-state index in [1.807, 2.05) is 56.0 Å². The molecular formula is C21H25N7O2. The number of aromatic nitrogens is 5. The number of ether oxygens (including phenoxy) is 1. The summed E-state index contributed by atoms with van der Waals surface area (Å²) in [5.74, 6) is 2.16. The first-order valence-electron chi connectivity index (χ1n) is 9.98. The Kier molecular flexibility index (Phi) is 5.60. The largest absolute Gasteiger partial charge is 0.481 e. The number of piperazine rings is 1. The van der Waals surface area contributed by atoms with E-state index >= 15 is 0 Å². The van der Waals surface area contributed by atoms with Crippen LogP contribution in [-0.4, -0.2) is 68.1 Å². The van der Waals surface area contributed by atoms with Crippen molar-refractivity contribution in [2.45, 2.75) is 26.9 Å². The fourth-order valence-corrected chi connectivity index (χ4v) is 3.44. The van der Waals surface area contributed by atoms with Gasteiger partial charge in [-0.2, -0.15) is 5.10 Å². The molecule has 1 atom stereocenters. The highest BCUT2D eigenvalue weighted by molar-refractivity contribution is 5.81. The van der Waals surface area contributed by atoms with Crippen molar-refractivity contribution in [2.75, 3.05) is 31.1 Å². The lowest BCUT2D eigenvalue weighted by molar-refractivity contribution is -0.138. The molecule has 1 aromatic carbocycles. The van der Waals surface area contributed by atoms with Crippen LogP contribution in [0.25, 0.3) is 5.82 Å². The number of amides is 1. The maximum atomic E-state index is 12.9. The molecule has 9 heteroatoms. The van der Waals surface area contributed by atoms with E-state index in [-0.39, 0.29) is 5.91 Å². The molecule has 3 aromatic rings. The van der Waals surface area contributed by atoms with Gasteiger partial charge in [0, 0.05) is 26.2 Å². The molecule has 0 aliphatic carbocycles. The van der Waals surface area contributed by atoms with E-state index in [0.717, 1.165) is 22.7 Å². The average molecular weight is 407 g/mol. The number of nitrogens with zero attached hydrogens (tertiary/aromatic N) is 7. The van der Waals surface area contributed by atoms with Crippen LogP contribution < -0.4 is 9.64 Å². The molecule has 0 N–H and O–H groups in total. The Hall–Kier alpha value is -3.49. The third-order valence-electron chi connectivity index (χ3n) is 5.41. The smallest absolute Gasteiger partial charge is 0.263 e. The predicted molar refractivity (Wildman–Crippen MR) is 112 cm³/mol. The maximum absolute atomic E-state index is 12.9. The van der Waals surface area contributed by atoms with Crippen molar-refractivity contribution < 1.29 is 9.53 Å². The Morgan fingerprint density at radius 3 is 2.43 bits per heavy atom. The third-order valence-corrected chi connectivity index (χ3v) is 5.41. The molecule has 1 aliphatic heterocycles. The lowest BCUT2D eigenvalue weighted by atomic mass is 10.1. The van der Waals surface area contributed by atoms with Crippen molar-refractivity contribution in [1.82, 2.24) is 29.9 Å². The summed E-state index contributed by atoms with van der Waals surface area (Å²) in [6, 6.07) is 9.66. The van der Waals surface area contributed by atoms with Gasteiger partial charge in [-0.3, -0.25) is 4.79 Å². The van der Waals surface area contributed by atoms with Crippen molar-refractivity contribution in [1.29, 1.82) is 0 Å². The Balaban J connectivity index is 1.33. The van der Waals surface area contributed by atoms with Gasteiger partial charge in [-0.25, -0.2) is 9.67 Å². The van der Waals surface area contributed by atoms with Gasteiger partial charge in [0.25, 0.3) is 5.91 Å². The second-order valence-corrected chi connectivity index (χ2v) is 7.36. The molecule has 1 amide bonds. The topological polar surface area (TPSA) is 89.3 Å². The van der Waals surface area contributed by atoms with Gasteiger partial charge in [0.1, 0.15) is 18.4 Å². The minimum Gasteiger partial charge on any atom is -0.481 e. The Morgan fingerprint density at radius 2 is 1.77 bits per heavy atom. The van der Waals surface area contributed by atoms with E-state index in [2.05, 4.69) is 25.2 Å². The van der Waals surface area contributed by atoms with Crippen LogP contribution in [-0.2, 0) is 4.79 Å². The van der Waals surface area contributed by atoms with Gasteiger partial charge in [-0.05, 0) is 50.1 Å². The fraction of sp³-hybridized carbons (Fsp3) is 0.381. The van der Waals surface area contributed by atoms with Crippen LogP contribution >= 0.6 is 0 Å². The van der Waals surface area contributed by atoms with Gasteiger partial charge >= 0.3 is 0 Å². The van der Waals surface area contributed by atoms with Crippen LogP contribution in [0.15, 0.2) is 43.0 Å². The van der Waals surface area contributed by atoms with Crippen LogP contribution in [0, 0.1) is 13.8 Å². The quantitative estimate of drug-likeness (QED) is 0.637. The molecule has 1 saturated heterocycles. The van der Waals surface area contributed by atoms with Crippen molar-refractivity contribution >= 4 is 11.7 Å². The molecule has 0 bridgehead atoms. The van der Waals surface area contributed by atoms with Crippen LogP contribution in [0.3, 0.4) is 0 Å². The number of carbonyl (C=O) groups is 1. The zero-order chi connectivity index (χ0) is 21.1. The molecule has 0 radical (unpaired) electrons. The Morgan fingerprint density at radius 1 is 1.03 bits per heavy atom. The summed E-state index contributed by atoms with van der Waals surface area (Å²) in [7, 11) is 0. The van der Waals surface area contributed by atoms with E-state index in [0.29, 0.717) is 32.0 Å². The summed E-state index contributed by atoms with van der Waals surface area (Å²) in [6.07, 6.45) is 2.51. The minimum absolute atomic E-state index is 0.00294. The number of benzene rings is 1. The summed E-state index contributed by atoms with van der Waals surface area (Å²) in [6.45, 7) is 8.48. The number of carbonyl (C=O) groups excluding carboxylic acids is 1. The van der Waals surface area contributed by atoms with Crippen LogP contribution in [0.1, 0.15) is 18.1 Å². The molecule has 1 aliphatic rings. The number of anilines is 1. The zero-order valence-electron chi connectivity index (χ0n) is 17.4. The van der Waals surface area contributed by atoms with Crippen molar-refractivity contribution in [3.05, 3.63) is 54.1 Å². The molecule has 1 unspecified atom stereocenters. The van der Waals surface area contributed by atoms with Gasteiger partial charge in [0.15, 0.2) is 17.7 Å². The van der Waals surface area contributed by atoms with E-state index in [1.165, 1.54) is 6.33 Å². The van der Waals surface area contributed by atoms with Crippen molar-refractivity contribution in [3.8, 4) is 11.6 Å². The highest BCUT2D eigenvalue weighted by Crippen LogP contribution is 2.22. The van der Waals surface area contributed by atoms with Gasteiger partial charge < -0.3 is 14.5 Å². The first kappa shape index (κ1) is 19.8. The molecule has 3 heterocycles. The van der Waals surface area contributed by atoms with Gasteiger partial charge in [-0.1, -0.05) is 12.1 Å². The van der Waals surface area contributed by atoms with Crippen molar-refractivity contribution in [2.24, 2.45) is 0 Å². The average Bonchev–Trinajstić information content (AvgIpc) is 3.32. The number of hydrogen-bond acceptors (Lipinski definition) is 7. The molecule has 30 heavy (non-hydrogen) atoms. The standard InChI is InChI=1S/C21H25N7O2/c1-15-5-4-6-18(16(15)2)30-17(3)21(29)27-11-9-26(10-12-27)19-7-8-20(25-24-19)28-14-22-13-23-28/h4-8,13-14,17H,9-12H2,1-3H3. The summed E-state index contributed by atoms with van der Waals surface area (Å²) in [5.41, 5.74) is 2.21. The first-order valence-corrected chi connectivity index (χ1v) is 9.98. The molecule has 4 rings (SSSR count). The second-order valence-electron chi connectivity index (χ2n) is 7.36.